The van der Waals surface area contributed by atoms with E-state index in [4.69, 9.17) is 0 Å². The van der Waals surface area contributed by atoms with Gasteiger partial charge in [-0.1, -0.05) is 39.2 Å². The van der Waals surface area contributed by atoms with E-state index in [1.165, 1.54) is 6.42 Å². The van der Waals surface area contributed by atoms with Gasteiger partial charge in [0, 0.05) is 6.16 Å². The first kappa shape index (κ1) is 16.5. The van der Waals surface area contributed by atoms with Crippen LogP contribution in [0.3, 0.4) is 0 Å². The second-order valence-electron chi connectivity index (χ2n) is 5.96. The smallest absolute Gasteiger partial charge is 0.205 e. The monoisotopic (exact) mass is 287 g/mol. The maximum absolute atomic E-state index is 12.0. The second-order valence-corrected chi connectivity index (χ2v) is 8.33. The average Bonchev–Trinajstić information content (AvgIpc) is 2.27. The molecule has 19 heavy (non-hydrogen) atoms. The maximum Gasteiger partial charge on any atom is 0.205 e. The van der Waals surface area contributed by atoms with Crippen LogP contribution in [-0.4, -0.2) is 23.2 Å². The van der Waals surface area contributed by atoms with Crippen molar-refractivity contribution in [3.05, 3.63) is 11.6 Å². The zero-order chi connectivity index (χ0) is 14.5. The van der Waals surface area contributed by atoms with E-state index in [1.54, 1.807) is 6.08 Å². The summed E-state index contributed by atoms with van der Waals surface area (Å²) in [5.74, 6) is -1.00. The standard InChI is InChI=1S/C14H25O4P/c1-11(2)9-19(17,18)10-13(14(15)16)8-12-6-4-3-5-7-12/h8,11-12H,3-7,9-10H2,1-2H3,(H,15,16)(H,17,18)/p-1/b13-8+. The van der Waals surface area contributed by atoms with Gasteiger partial charge in [0.05, 0.1) is 12.1 Å². The van der Waals surface area contributed by atoms with Crippen molar-refractivity contribution in [2.24, 2.45) is 11.8 Å². The third-order valence-corrected chi connectivity index (χ3v) is 5.55. The van der Waals surface area contributed by atoms with Crippen molar-refractivity contribution < 1.29 is 19.4 Å². The minimum absolute atomic E-state index is 0.0124. The lowest BCUT2D eigenvalue weighted by atomic mass is 9.88. The van der Waals surface area contributed by atoms with Crippen LogP contribution in [0.2, 0.25) is 0 Å². The van der Waals surface area contributed by atoms with Crippen LogP contribution in [0.1, 0.15) is 46.0 Å². The molecule has 0 saturated heterocycles. The van der Waals surface area contributed by atoms with Gasteiger partial charge in [-0.2, -0.15) is 0 Å². The molecule has 0 aromatic carbocycles. The fraction of sp³-hybridized carbons (Fsp3) is 0.786. The van der Waals surface area contributed by atoms with E-state index < -0.39 is 13.3 Å². The topological polar surface area (TPSA) is 77.4 Å². The molecule has 1 saturated carbocycles. The Balaban J connectivity index is 2.74. The zero-order valence-electron chi connectivity index (χ0n) is 11.8. The van der Waals surface area contributed by atoms with Gasteiger partial charge in [-0.25, -0.2) is 0 Å². The molecule has 0 bridgehead atoms. The Morgan fingerprint density at radius 1 is 1.37 bits per heavy atom. The van der Waals surface area contributed by atoms with Gasteiger partial charge in [0.2, 0.25) is 7.37 Å². The van der Waals surface area contributed by atoms with Gasteiger partial charge in [-0.3, -0.25) is 4.57 Å². The number of carbonyl (C=O) groups is 1. The average molecular weight is 287 g/mol. The van der Waals surface area contributed by atoms with E-state index in [1.807, 2.05) is 13.8 Å². The molecule has 0 spiro atoms. The fourth-order valence-electron chi connectivity index (χ4n) is 2.67. The second kappa shape index (κ2) is 7.25. The molecule has 110 valence electrons. The van der Waals surface area contributed by atoms with Crippen LogP contribution in [-0.2, 0) is 9.36 Å². The normalized spacial score (nSPS) is 21.4. The number of carboxylic acid groups (broad SMARTS) is 1. The molecular weight excluding hydrogens is 263 g/mol. The zero-order valence-corrected chi connectivity index (χ0v) is 12.7. The molecule has 0 aromatic heterocycles. The number of hydrogen-bond acceptors (Lipinski definition) is 3. The van der Waals surface area contributed by atoms with Crippen molar-refractivity contribution in [3.63, 3.8) is 0 Å². The third kappa shape index (κ3) is 6.40. The molecule has 0 heterocycles. The molecule has 1 aliphatic carbocycles. The molecule has 4 nitrogen and oxygen atoms in total. The first-order valence-corrected chi connectivity index (χ1v) is 9.06. The summed E-state index contributed by atoms with van der Waals surface area (Å²) in [6.07, 6.45) is 6.89. The minimum Gasteiger partial charge on any atom is -0.545 e. The Hall–Kier alpha value is -0.600. The number of hydrogen-bond donors (Lipinski definition) is 1. The van der Waals surface area contributed by atoms with Crippen LogP contribution < -0.4 is 5.11 Å². The highest BCUT2D eigenvalue weighted by Gasteiger charge is 2.23. The van der Waals surface area contributed by atoms with Gasteiger partial charge in [0.15, 0.2) is 0 Å². The molecule has 1 N–H and O–H groups in total. The predicted octanol–water partition coefficient (Wildman–Crippen LogP) is 2.17. The Labute approximate surface area is 115 Å². The SMILES string of the molecule is CC(C)CP(=O)(O)C/C(=C\C1CCCCC1)C(=O)[O-]. The number of aliphatic carboxylic acids is 1. The summed E-state index contributed by atoms with van der Waals surface area (Å²) in [6.45, 7) is 3.71. The predicted molar refractivity (Wildman–Crippen MR) is 74.1 cm³/mol. The number of carbonyl (C=O) groups excluding carboxylic acids is 1. The minimum atomic E-state index is -3.42. The van der Waals surface area contributed by atoms with Crippen LogP contribution in [0.25, 0.3) is 0 Å². The van der Waals surface area contributed by atoms with E-state index in [-0.39, 0.29) is 29.7 Å². The van der Waals surface area contributed by atoms with E-state index >= 15 is 0 Å². The summed E-state index contributed by atoms with van der Waals surface area (Å²) in [5, 5.41) is 11.1. The summed E-state index contributed by atoms with van der Waals surface area (Å²) < 4.78 is 12.0. The Morgan fingerprint density at radius 3 is 2.42 bits per heavy atom. The highest BCUT2D eigenvalue weighted by atomic mass is 31.2. The molecular formula is C14H24O4P-. The van der Waals surface area contributed by atoms with Crippen LogP contribution in [0.15, 0.2) is 11.6 Å². The van der Waals surface area contributed by atoms with Gasteiger partial charge in [0.1, 0.15) is 0 Å². The van der Waals surface area contributed by atoms with Gasteiger partial charge >= 0.3 is 0 Å². The van der Waals surface area contributed by atoms with Crippen molar-refractivity contribution >= 4 is 13.3 Å². The first-order chi connectivity index (χ1) is 8.80. The van der Waals surface area contributed by atoms with E-state index in [0.717, 1.165) is 25.7 Å². The maximum atomic E-state index is 12.0. The quantitative estimate of drug-likeness (QED) is 0.600. The Morgan fingerprint density at radius 2 is 1.95 bits per heavy atom. The molecule has 0 aliphatic heterocycles. The van der Waals surface area contributed by atoms with E-state index in [2.05, 4.69) is 0 Å². The Kier molecular flexibility index (Phi) is 6.28. The summed E-state index contributed by atoms with van der Waals surface area (Å²) in [7, 11) is -3.42. The molecule has 0 radical (unpaired) electrons. The van der Waals surface area contributed by atoms with Crippen LogP contribution in [0.5, 0.6) is 0 Å². The van der Waals surface area contributed by atoms with Gasteiger partial charge in [0.25, 0.3) is 0 Å². The molecule has 1 rings (SSSR count). The van der Waals surface area contributed by atoms with Crippen molar-refractivity contribution in [2.45, 2.75) is 46.0 Å². The lowest BCUT2D eigenvalue weighted by Gasteiger charge is -2.22. The molecule has 1 aliphatic rings. The molecule has 1 atom stereocenters. The molecule has 5 heteroatoms. The summed E-state index contributed by atoms with van der Waals surface area (Å²) in [4.78, 5) is 21.0. The molecule has 0 amide bonds. The highest BCUT2D eigenvalue weighted by Crippen LogP contribution is 2.44. The number of carboxylic acids is 1. The largest absolute Gasteiger partial charge is 0.545 e. The summed E-state index contributed by atoms with van der Waals surface area (Å²) in [5.41, 5.74) is 0.0124. The third-order valence-electron chi connectivity index (χ3n) is 3.42. The van der Waals surface area contributed by atoms with Crippen molar-refractivity contribution in [1.82, 2.24) is 0 Å². The molecule has 1 fully saturated rings. The molecule has 1 unspecified atom stereocenters. The van der Waals surface area contributed by atoms with Gasteiger partial charge in [-0.05, 0) is 30.3 Å². The first-order valence-electron chi connectivity index (χ1n) is 7.03. The van der Waals surface area contributed by atoms with E-state index in [9.17, 15) is 19.4 Å². The summed E-state index contributed by atoms with van der Waals surface area (Å²) in [6, 6.07) is 0. The van der Waals surface area contributed by atoms with Gasteiger partial charge in [-0.15, -0.1) is 0 Å². The Bertz CT molecular complexity index is 381. The fourth-order valence-corrected chi connectivity index (χ4v) is 4.71. The lowest BCUT2D eigenvalue weighted by molar-refractivity contribution is -0.299. The van der Waals surface area contributed by atoms with Crippen LogP contribution in [0, 0.1) is 11.8 Å². The van der Waals surface area contributed by atoms with Crippen molar-refractivity contribution in [3.8, 4) is 0 Å². The summed E-state index contributed by atoms with van der Waals surface area (Å²) >= 11 is 0. The molecule has 0 aromatic rings. The van der Waals surface area contributed by atoms with Crippen molar-refractivity contribution in [1.29, 1.82) is 0 Å². The van der Waals surface area contributed by atoms with Crippen LogP contribution >= 0.6 is 7.37 Å². The lowest BCUT2D eigenvalue weighted by Crippen LogP contribution is -2.27. The van der Waals surface area contributed by atoms with Crippen molar-refractivity contribution in [2.75, 3.05) is 12.3 Å². The highest BCUT2D eigenvalue weighted by molar-refractivity contribution is 7.58. The van der Waals surface area contributed by atoms with Gasteiger partial charge < -0.3 is 14.8 Å². The number of rotatable bonds is 6. The van der Waals surface area contributed by atoms with E-state index in [0.29, 0.717) is 0 Å². The number of allylic oxidation sites excluding steroid dienone is 1. The van der Waals surface area contributed by atoms with Crippen LogP contribution in [0.4, 0.5) is 0 Å².